The molecule has 0 aliphatic carbocycles. The van der Waals surface area contributed by atoms with Crippen molar-refractivity contribution in [2.24, 2.45) is 7.05 Å². The third-order valence-corrected chi connectivity index (χ3v) is 2.97. The number of aromatic amines is 1. The number of hydrogen-bond acceptors (Lipinski definition) is 5. The third-order valence-electron chi connectivity index (χ3n) is 2.41. The topological polar surface area (TPSA) is 84.3 Å². The summed E-state index contributed by atoms with van der Waals surface area (Å²) in [5.41, 5.74) is 0.926. The lowest BCUT2D eigenvalue weighted by atomic mass is 10.2. The van der Waals surface area contributed by atoms with Crippen LogP contribution in [0.2, 0.25) is 0 Å². The lowest BCUT2D eigenvalue weighted by molar-refractivity contribution is 0.530. The summed E-state index contributed by atoms with van der Waals surface area (Å²) in [7, 11) is 1.85. The van der Waals surface area contributed by atoms with E-state index in [0.717, 1.165) is 24.5 Å². The minimum atomic E-state index is -0.0909. The molecule has 1 atom stereocenters. The average molecular weight is 300 g/mol. The van der Waals surface area contributed by atoms with Crippen LogP contribution in [0.5, 0.6) is 0 Å². The summed E-state index contributed by atoms with van der Waals surface area (Å²) in [6.45, 7) is 2.99. The van der Waals surface area contributed by atoms with Gasteiger partial charge in [0.05, 0.1) is 5.69 Å². The van der Waals surface area contributed by atoms with Gasteiger partial charge in [0.2, 0.25) is 0 Å². The first-order valence-corrected chi connectivity index (χ1v) is 6.17. The van der Waals surface area contributed by atoms with Crippen molar-refractivity contribution in [2.45, 2.75) is 19.4 Å². The van der Waals surface area contributed by atoms with Crippen LogP contribution in [0, 0.1) is 0 Å². The van der Waals surface area contributed by atoms with Gasteiger partial charge >= 0.3 is 0 Å². The Labute approximate surface area is 107 Å². The van der Waals surface area contributed by atoms with Crippen molar-refractivity contribution in [2.75, 3.05) is 6.54 Å². The molecule has 92 valence electrons. The normalized spacial score (nSPS) is 12.9. The van der Waals surface area contributed by atoms with Crippen LogP contribution in [0.3, 0.4) is 0 Å². The summed E-state index contributed by atoms with van der Waals surface area (Å²) in [5.74, 6) is 0.754. The molecule has 0 amide bonds. The average Bonchev–Trinajstić information content (AvgIpc) is 2.93. The third kappa shape index (κ3) is 2.52. The molecule has 0 saturated carbocycles. The van der Waals surface area contributed by atoms with Gasteiger partial charge in [0, 0.05) is 7.05 Å². The molecule has 0 fully saturated rings. The van der Waals surface area contributed by atoms with Crippen LogP contribution in [0.25, 0.3) is 0 Å². The van der Waals surface area contributed by atoms with E-state index in [2.05, 4.69) is 53.7 Å². The summed E-state index contributed by atoms with van der Waals surface area (Å²) in [5, 5.41) is 18.1. The molecule has 1 unspecified atom stereocenters. The molecule has 0 aliphatic rings. The van der Waals surface area contributed by atoms with Crippen molar-refractivity contribution in [1.29, 1.82) is 0 Å². The summed E-state index contributed by atoms with van der Waals surface area (Å²) in [6, 6.07) is -0.0909. The van der Waals surface area contributed by atoms with Crippen LogP contribution in [-0.4, -0.2) is 36.7 Å². The number of nitrogens with one attached hydrogen (secondary N) is 2. The Hall–Kier alpha value is -1.28. The van der Waals surface area contributed by atoms with E-state index in [4.69, 9.17) is 0 Å². The van der Waals surface area contributed by atoms with E-state index in [0.29, 0.717) is 4.60 Å². The molecule has 0 aromatic carbocycles. The zero-order chi connectivity index (χ0) is 12.3. The Morgan fingerprint density at radius 2 is 2.41 bits per heavy atom. The van der Waals surface area contributed by atoms with Crippen LogP contribution < -0.4 is 5.32 Å². The molecule has 7 nitrogen and oxygen atoms in total. The fourth-order valence-electron chi connectivity index (χ4n) is 1.61. The van der Waals surface area contributed by atoms with Gasteiger partial charge in [-0.05, 0) is 28.9 Å². The predicted octanol–water partition coefficient (Wildman–Crippen LogP) is 0.785. The van der Waals surface area contributed by atoms with Crippen molar-refractivity contribution in [3.63, 3.8) is 0 Å². The second-order valence-corrected chi connectivity index (χ2v) is 4.40. The second-order valence-electron chi connectivity index (χ2n) is 3.65. The van der Waals surface area contributed by atoms with Crippen molar-refractivity contribution >= 4 is 15.9 Å². The lowest BCUT2D eigenvalue weighted by Crippen LogP contribution is -2.26. The van der Waals surface area contributed by atoms with Gasteiger partial charge in [0.15, 0.2) is 4.60 Å². The Morgan fingerprint density at radius 1 is 1.59 bits per heavy atom. The maximum atomic E-state index is 4.19. The molecule has 0 bridgehead atoms. The zero-order valence-corrected chi connectivity index (χ0v) is 11.3. The molecule has 2 aromatic rings. The maximum absolute atomic E-state index is 4.19. The van der Waals surface area contributed by atoms with Crippen LogP contribution >= 0.6 is 15.9 Å². The SMILES string of the molecule is CCCNC(c1ncn[nH]1)c1c(Br)nnn1C. The number of aryl methyl sites for hydroxylation is 1. The molecule has 17 heavy (non-hydrogen) atoms. The smallest absolute Gasteiger partial charge is 0.153 e. The van der Waals surface area contributed by atoms with Crippen LogP contribution in [0.15, 0.2) is 10.9 Å². The largest absolute Gasteiger partial charge is 0.302 e. The number of H-pyrrole nitrogens is 1. The van der Waals surface area contributed by atoms with Gasteiger partial charge in [0.25, 0.3) is 0 Å². The quantitative estimate of drug-likeness (QED) is 0.852. The van der Waals surface area contributed by atoms with Gasteiger partial charge in [-0.15, -0.1) is 5.10 Å². The van der Waals surface area contributed by atoms with Crippen LogP contribution in [-0.2, 0) is 7.05 Å². The second kappa shape index (κ2) is 5.37. The highest BCUT2D eigenvalue weighted by Gasteiger charge is 2.23. The van der Waals surface area contributed by atoms with Gasteiger partial charge < -0.3 is 5.32 Å². The fourth-order valence-corrected chi connectivity index (χ4v) is 2.17. The number of hydrogen-bond donors (Lipinski definition) is 2. The molecular weight excluding hydrogens is 286 g/mol. The van der Waals surface area contributed by atoms with Gasteiger partial charge in [-0.3, -0.25) is 5.10 Å². The predicted molar refractivity (Wildman–Crippen MR) is 65.2 cm³/mol. The Bertz CT molecular complexity index is 444. The van der Waals surface area contributed by atoms with Gasteiger partial charge in [-0.25, -0.2) is 9.67 Å². The fraction of sp³-hybridized carbons (Fsp3) is 0.556. The molecule has 2 heterocycles. The summed E-state index contributed by atoms with van der Waals surface area (Å²) < 4.78 is 2.44. The number of aromatic nitrogens is 6. The molecular formula is C9H14BrN7. The molecule has 0 aliphatic heterocycles. The van der Waals surface area contributed by atoms with Gasteiger partial charge in [-0.2, -0.15) is 5.10 Å². The van der Waals surface area contributed by atoms with Crippen molar-refractivity contribution in [3.8, 4) is 0 Å². The first kappa shape index (κ1) is 12.2. The number of rotatable bonds is 5. The van der Waals surface area contributed by atoms with E-state index < -0.39 is 0 Å². The highest BCUT2D eigenvalue weighted by atomic mass is 79.9. The Kier molecular flexibility index (Phi) is 3.85. The first-order valence-electron chi connectivity index (χ1n) is 5.37. The first-order chi connectivity index (χ1) is 8.24. The van der Waals surface area contributed by atoms with E-state index in [-0.39, 0.29) is 6.04 Å². The summed E-state index contributed by atoms with van der Waals surface area (Å²) in [6.07, 6.45) is 2.53. The Balaban J connectivity index is 2.33. The van der Waals surface area contributed by atoms with Crippen LogP contribution in [0.1, 0.15) is 30.9 Å². The maximum Gasteiger partial charge on any atom is 0.153 e. The van der Waals surface area contributed by atoms with E-state index in [1.807, 2.05) is 7.05 Å². The molecule has 0 spiro atoms. The molecule has 0 radical (unpaired) electrons. The van der Waals surface area contributed by atoms with Crippen molar-refractivity contribution in [3.05, 3.63) is 22.4 Å². The molecule has 8 heteroatoms. The number of halogens is 1. The van der Waals surface area contributed by atoms with E-state index >= 15 is 0 Å². The van der Waals surface area contributed by atoms with Crippen molar-refractivity contribution < 1.29 is 0 Å². The zero-order valence-electron chi connectivity index (χ0n) is 9.68. The van der Waals surface area contributed by atoms with Crippen LogP contribution in [0.4, 0.5) is 0 Å². The summed E-state index contributed by atoms with van der Waals surface area (Å²) in [4.78, 5) is 4.19. The Morgan fingerprint density at radius 3 is 2.94 bits per heavy atom. The van der Waals surface area contributed by atoms with Gasteiger partial charge in [0.1, 0.15) is 18.2 Å². The number of nitrogens with zero attached hydrogens (tertiary/aromatic N) is 5. The van der Waals surface area contributed by atoms with E-state index in [1.165, 1.54) is 6.33 Å². The highest BCUT2D eigenvalue weighted by Crippen LogP contribution is 2.24. The molecule has 2 N–H and O–H groups in total. The minimum Gasteiger partial charge on any atom is -0.302 e. The molecule has 2 aromatic heterocycles. The van der Waals surface area contributed by atoms with E-state index in [9.17, 15) is 0 Å². The molecule has 2 rings (SSSR count). The minimum absolute atomic E-state index is 0.0909. The highest BCUT2D eigenvalue weighted by molar-refractivity contribution is 9.10. The van der Waals surface area contributed by atoms with Crippen molar-refractivity contribution in [1.82, 2.24) is 35.5 Å². The monoisotopic (exact) mass is 299 g/mol. The van der Waals surface area contributed by atoms with E-state index in [1.54, 1.807) is 4.68 Å². The molecule has 0 saturated heterocycles. The lowest BCUT2D eigenvalue weighted by Gasteiger charge is -2.15. The standard InChI is InChI=1S/C9H14BrN7/c1-3-4-11-6(9-12-5-13-15-9)7-8(10)14-16-17(7)2/h5-6,11H,3-4H2,1-2H3,(H,12,13,15). The van der Waals surface area contributed by atoms with Gasteiger partial charge in [-0.1, -0.05) is 12.1 Å². The summed E-state index contributed by atoms with van der Waals surface area (Å²) >= 11 is 3.40.